The molecule has 0 saturated carbocycles. The van der Waals surface area contributed by atoms with Crippen molar-refractivity contribution in [3.63, 3.8) is 0 Å². The number of nitrogens with zero attached hydrogens (tertiary/aromatic N) is 6. The predicted molar refractivity (Wildman–Crippen MR) is 416 cm³/mol. The van der Waals surface area contributed by atoms with Crippen LogP contribution in [0.5, 0.6) is 0 Å². The lowest BCUT2D eigenvalue weighted by molar-refractivity contribution is 0.596. The summed E-state index contributed by atoms with van der Waals surface area (Å²) < 4.78 is 9.97. The number of aromatic nitrogens is 4. The van der Waals surface area contributed by atoms with Gasteiger partial charge in [0.1, 0.15) is 0 Å². The lowest BCUT2D eigenvalue weighted by Crippen LogP contribution is -2.17. The van der Waals surface area contributed by atoms with Gasteiger partial charge >= 0.3 is 0 Å². The van der Waals surface area contributed by atoms with Crippen LogP contribution >= 0.6 is 0 Å². The summed E-state index contributed by atoms with van der Waals surface area (Å²) >= 11 is 0. The van der Waals surface area contributed by atoms with E-state index in [1.54, 1.807) is 0 Å². The molecular weight excluding hydrogens is 1190 g/mol. The molecule has 0 saturated heterocycles. The fourth-order valence-electron chi connectivity index (χ4n) is 16.7. The molecule has 0 aliphatic carbocycles. The van der Waals surface area contributed by atoms with E-state index in [2.05, 4.69) is 382 Å². The standard InChI is InChI=1S/C92H64N6/c1-92(2,3)75-58-85(98(83-50-26-42-70-66-38-18-22-46-78(66)95(90(70)83)62-32-12-6-13-33-62)84-51-27-43-71-67-39-19-23-47-79(67)96(91(71)84)63-34-14-7-15-35-63)74-54-52-59-53-57-80(73-56-55-72(75)87(74)86(59)73)97(81-48-24-40-68-64-36-16-20-44-76(64)93(88(68)81)60-28-8-4-9-29-60)82-49-25-41-69-65-37-17-21-45-77(65)94(89(69)82)61-30-10-5-11-31-61/h4-58H,1-3H3. The summed E-state index contributed by atoms with van der Waals surface area (Å²) in [4.78, 5) is 5.25. The van der Waals surface area contributed by atoms with Gasteiger partial charge in [0.25, 0.3) is 0 Å². The summed E-state index contributed by atoms with van der Waals surface area (Å²) in [5.74, 6) is 0. The predicted octanol–water partition coefficient (Wildman–Crippen LogP) is 25.2. The van der Waals surface area contributed by atoms with E-state index in [4.69, 9.17) is 0 Å². The van der Waals surface area contributed by atoms with Gasteiger partial charge in [0, 0.05) is 76.6 Å². The molecule has 6 nitrogen and oxygen atoms in total. The van der Waals surface area contributed by atoms with Gasteiger partial charge in [0.05, 0.1) is 78.3 Å². The highest BCUT2D eigenvalue weighted by Gasteiger charge is 2.33. The van der Waals surface area contributed by atoms with Crippen LogP contribution in [-0.4, -0.2) is 18.3 Å². The number of anilines is 6. The fourth-order valence-corrected chi connectivity index (χ4v) is 16.7. The Morgan fingerprint density at radius 3 is 0.857 bits per heavy atom. The Labute approximate surface area is 566 Å². The van der Waals surface area contributed by atoms with Crippen LogP contribution in [0.15, 0.2) is 334 Å². The molecule has 4 heterocycles. The highest BCUT2D eigenvalue weighted by molar-refractivity contribution is 6.31. The number of benzene rings is 16. The molecule has 0 radical (unpaired) electrons. The van der Waals surface area contributed by atoms with Crippen molar-refractivity contribution in [2.75, 3.05) is 9.80 Å². The van der Waals surface area contributed by atoms with Crippen LogP contribution < -0.4 is 9.80 Å². The van der Waals surface area contributed by atoms with E-state index in [9.17, 15) is 0 Å². The maximum atomic E-state index is 2.64. The van der Waals surface area contributed by atoms with Gasteiger partial charge in [-0.15, -0.1) is 0 Å². The highest BCUT2D eigenvalue weighted by atomic mass is 15.2. The van der Waals surface area contributed by atoms with Crippen molar-refractivity contribution in [3.8, 4) is 22.7 Å². The zero-order chi connectivity index (χ0) is 64.9. The van der Waals surface area contributed by atoms with Crippen LogP contribution in [0, 0.1) is 0 Å². The molecule has 0 atom stereocenters. The van der Waals surface area contributed by atoms with Crippen molar-refractivity contribution in [1.82, 2.24) is 18.3 Å². The smallest absolute Gasteiger partial charge is 0.0782 e. The molecule has 0 fully saturated rings. The zero-order valence-corrected chi connectivity index (χ0v) is 54.4. The van der Waals surface area contributed by atoms with Crippen molar-refractivity contribution in [1.29, 1.82) is 0 Å². The molecule has 20 rings (SSSR count). The molecule has 4 aromatic heterocycles. The van der Waals surface area contributed by atoms with Gasteiger partial charge in [-0.1, -0.05) is 245 Å². The first-order valence-corrected chi connectivity index (χ1v) is 34.0. The summed E-state index contributed by atoms with van der Waals surface area (Å²) in [5, 5.41) is 16.7. The maximum Gasteiger partial charge on any atom is 0.0782 e. The third-order valence-electron chi connectivity index (χ3n) is 20.7. The van der Waals surface area contributed by atoms with Gasteiger partial charge < -0.3 is 28.1 Å². The molecule has 0 spiro atoms. The molecule has 0 aliphatic heterocycles. The first kappa shape index (κ1) is 55.8. The van der Waals surface area contributed by atoms with E-state index in [1.807, 2.05) is 0 Å². The molecule has 20 aromatic rings. The first-order chi connectivity index (χ1) is 48.4. The normalized spacial score (nSPS) is 12.2. The van der Waals surface area contributed by atoms with Gasteiger partial charge in [0.2, 0.25) is 0 Å². The summed E-state index contributed by atoms with van der Waals surface area (Å²) in [7, 11) is 0. The van der Waals surface area contributed by atoms with Crippen molar-refractivity contribution >= 4 is 154 Å². The Balaban J connectivity index is 0.948. The second-order valence-corrected chi connectivity index (χ2v) is 27.1. The second kappa shape index (κ2) is 21.4. The second-order valence-electron chi connectivity index (χ2n) is 27.1. The Hall–Kier alpha value is -12.6. The van der Waals surface area contributed by atoms with Crippen molar-refractivity contribution in [2.45, 2.75) is 26.2 Å². The molecule has 0 aliphatic rings. The van der Waals surface area contributed by atoms with Crippen LogP contribution in [-0.2, 0) is 5.41 Å². The summed E-state index contributed by atoms with van der Waals surface area (Å²) in [6.45, 7) is 7.17. The molecule has 0 N–H and O–H groups in total. The average molecular weight is 1250 g/mol. The SMILES string of the molecule is CC(C)(C)c1cc(N(c2cccc3c4ccccc4n(-c4ccccc4)c23)c2cccc3c4ccccc4n(-c4ccccc4)c23)c2ccc3ccc(N(c4cccc5c6ccccc6n(-c6ccccc6)c45)c4cccc5c6ccccc6n(-c6ccccc6)c45)c4ccc1c2c34. The van der Waals surface area contributed by atoms with E-state index < -0.39 is 0 Å². The van der Waals surface area contributed by atoms with Crippen LogP contribution in [0.4, 0.5) is 34.1 Å². The van der Waals surface area contributed by atoms with Gasteiger partial charge in [-0.05, 0) is 142 Å². The average Bonchev–Trinajstić information content (AvgIpc) is 1.02. The molecule has 0 amide bonds. The summed E-state index contributed by atoms with van der Waals surface area (Å²) in [5.41, 5.74) is 21.0. The molecular formula is C92H64N6. The number of hydrogen-bond acceptors (Lipinski definition) is 2. The number of hydrogen-bond donors (Lipinski definition) is 0. The van der Waals surface area contributed by atoms with Gasteiger partial charge in [0.15, 0.2) is 0 Å². The topological polar surface area (TPSA) is 26.2 Å². The van der Waals surface area contributed by atoms with Crippen LogP contribution in [0.2, 0.25) is 0 Å². The van der Waals surface area contributed by atoms with Crippen molar-refractivity contribution < 1.29 is 0 Å². The summed E-state index contributed by atoms with van der Waals surface area (Å²) in [6, 6.07) is 124. The molecule has 16 aromatic carbocycles. The Morgan fingerprint density at radius 2 is 0.500 bits per heavy atom. The van der Waals surface area contributed by atoms with Crippen molar-refractivity contribution in [2.24, 2.45) is 0 Å². The van der Waals surface area contributed by atoms with Gasteiger partial charge in [-0.25, -0.2) is 0 Å². The van der Waals surface area contributed by atoms with Gasteiger partial charge in [-0.3, -0.25) is 0 Å². The number of rotatable bonds is 10. The minimum atomic E-state index is -0.311. The van der Waals surface area contributed by atoms with Crippen LogP contribution in [0.3, 0.4) is 0 Å². The molecule has 0 bridgehead atoms. The third-order valence-corrected chi connectivity index (χ3v) is 20.7. The zero-order valence-electron chi connectivity index (χ0n) is 54.4. The Kier molecular flexibility index (Phi) is 12.2. The van der Waals surface area contributed by atoms with E-state index in [1.165, 1.54) is 70.2 Å². The molecule has 462 valence electrons. The van der Waals surface area contributed by atoms with Gasteiger partial charge in [-0.2, -0.15) is 0 Å². The third kappa shape index (κ3) is 8.09. The minimum Gasteiger partial charge on any atom is -0.307 e. The van der Waals surface area contributed by atoms with E-state index in [0.29, 0.717) is 0 Å². The summed E-state index contributed by atoms with van der Waals surface area (Å²) in [6.07, 6.45) is 0. The lowest BCUT2D eigenvalue weighted by Gasteiger charge is -2.33. The fraction of sp³-hybridized carbons (Fsp3) is 0.0435. The number of fused-ring (bicyclic) bond motifs is 12. The van der Waals surface area contributed by atoms with E-state index >= 15 is 0 Å². The van der Waals surface area contributed by atoms with Crippen LogP contribution in [0.25, 0.3) is 142 Å². The highest BCUT2D eigenvalue weighted by Crippen LogP contribution is 2.55. The number of para-hydroxylation sites is 12. The first-order valence-electron chi connectivity index (χ1n) is 34.0. The van der Waals surface area contributed by atoms with Crippen LogP contribution in [0.1, 0.15) is 26.3 Å². The minimum absolute atomic E-state index is 0.311. The monoisotopic (exact) mass is 1250 g/mol. The molecule has 6 heteroatoms. The largest absolute Gasteiger partial charge is 0.307 e. The van der Waals surface area contributed by atoms with Crippen molar-refractivity contribution in [3.05, 3.63) is 339 Å². The molecule has 98 heavy (non-hydrogen) atoms. The van der Waals surface area contributed by atoms with E-state index in [-0.39, 0.29) is 5.41 Å². The quantitative estimate of drug-likeness (QED) is 0.128. The lowest BCUT2D eigenvalue weighted by atomic mass is 9.80. The molecule has 0 unspecified atom stereocenters. The van der Waals surface area contributed by atoms with E-state index in [0.717, 1.165) is 112 Å². The maximum absolute atomic E-state index is 2.64. The Morgan fingerprint density at radius 1 is 0.214 bits per heavy atom. The Bertz CT molecular complexity index is 6270.